The fraction of sp³-hybridized carbons (Fsp3) is 0.333. The molecule has 0 saturated carbocycles. The average molecular weight is 251 g/mol. The molecule has 0 heterocycles. The first-order valence-corrected chi connectivity index (χ1v) is 5.43. The van der Waals surface area contributed by atoms with Crippen molar-refractivity contribution in [2.24, 2.45) is 5.84 Å². The molecule has 1 aromatic carbocycles. The van der Waals surface area contributed by atoms with Gasteiger partial charge in [-0.25, -0.2) is 10.6 Å². The first kappa shape index (κ1) is 14.0. The van der Waals surface area contributed by atoms with Crippen molar-refractivity contribution in [3.63, 3.8) is 0 Å². The molecule has 4 N–H and O–H groups in total. The van der Waals surface area contributed by atoms with Crippen LogP contribution >= 0.6 is 0 Å². The van der Waals surface area contributed by atoms with Crippen molar-refractivity contribution < 1.29 is 14.3 Å². The molecule has 0 fully saturated rings. The van der Waals surface area contributed by atoms with Gasteiger partial charge in [0.1, 0.15) is 5.60 Å². The summed E-state index contributed by atoms with van der Waals surface area (Å²) < 4.78 is 5.09. The zero-order chi connectivity index (χ0) is 13.8. The van der Waals surface area contributed by atoms with Gasteiger partial charge in [0, 0.05) is 11.3 Å². The minimum absolute atomic E-state index is 0.353. The summed E-state index contributed by atoms with van der Waals surface area (Å²) in [7, 11) is 0. The normalized spacial score (nSPS) is 10.7. The predicted octanol–water partition coefficient (Wildman–Crippen LogP) is 1.64. The molecule has 0 aliphatic heterocycles. The maximum atomic E-state index is 11.5. The summed E-state index contributed by atoms with van der Waals surface area (Å²) in [5.41, 5.74) is 2.26. The number of nitrogens with two attached hydrogens (primary N) is 1. The standard InChI is InChI=1S/C12H17N3O3/c1-12(2,3)18-11(17)14-9-6-4-5-8(7-9)10(16)15-13/h4-7H,13H2,1-3H3,(H,14,17)(H,15,16). The topological polar surface area (TPSA) is 93.4 Å². The Bertz CT molecular complexity index is 452. The molecule has 0 saturated heterocycles. The number of nitrogen functional groups attached to an aromatic ring is 1. The molecule has 6 heteroatoms. The van der Waals surface area contributed by atoms with Crippen LogP contribution in [0.3, 0.4) is 0 Å². The number of carbonyl (C=O) groups is 2. The Morgan fingerprint density at radius 3 is 2.50 bits per heavy atom. The van der Waals surface area contributed by atoms with Crippen LogP contribution in [-0.2, 0) is 4.74 Å². The number of amides is 2. The largest absolute Gasteiger partial charge is 0.444 e. The van der Waals surface area contributed by atoms with Gasteiger partial charge in [0.25, 0.3) is 5.91 Å². The van der Waals surface area contributed by atoms with Crippen LogP contribution in [0.4, 0.5) is 10.5 Å². The maximum Gasteiger partial charge on any atom is 0.412 e. The Morgan fingerprint density at radius 1 is 1.28 bits per heavy atom. The number of benzene rings is 1. The van der Waals surface area contributed by atoms with Crippen LogP contribution in [0.2, 0.25) is 0 Å². The van der Waals surface area contributed by atoms with Gasteiger partial charge >= 0.3 is 6.09 Å². The number of ether oxygens (including phenoxy) is 1. The zero-order valence-corrected chi connectivity index (χ0v) is 10.6. The summed E-state index contributed by atoms with van der Waals surface area (Å²) in [6.45, 7) is 5.31. The fourth-order valence-electron chi connectivity index (χ4n) is 1.24. The minimum atomic E-state index is -0.576. The molecule has 0 aliphatic rings. The second-order valence-electron chi connectivity index (χ2n) is 4.68. The second-order valence-corrected chi connectivity index (χ2v) is 4.68. The summed E-state index contributed by atoms with van der Waals surface area (Å²) >= 11 is 0. The highest BCUT2D eigenvalue weighted by Crippen LogP contribution is 2.13. The van der Waals surface area contributed by atoms with Crippen LogP contribution in [0.15, 0.2) is 24.3 Å². The Morgan fingerprint density at radius 2 is 1.94 bits per heavy atom. The minimum Gasteiger partial charge on any atom is -0.444 e. The molecular formula is C12H17N3O3. The van der Waals surface area contributed by atoms with Gasteiger partial charge in [-0.1, -0.05) is 6.07 Å². The van der Waals surface area contributed by atoms with E-state index in [-0.39, 0.29) is 0 Å². The van der Waals surface area contributed by atoms with Crippen LogP contribution in [0.5, 0.6) is 0 Å². The number of hydrogen-bond acceptors (Lipinski definition) is 4. The molecular weight excluding hydrogens is 234 g/mol. The molecule has 18 heavy (non-hydrogen) atoms. The van der Waals surface area contributed by atoms with Crippen LogP contribution in [0, 0.1) is 0 Å². The van der Waals surface area contributed by atoms with Crippen LogP contribution < -0.4 is 16.6 Å². The third-order valence-corrected chi connectivity index (χ3v) is 1.90. The van der Waals surface area contributed by atoms with E-state index >= 15 is 0 Å². The van der Waals surface area contributed by atoms with Gasteiger partial charge in [-0.15, -0.1) is 0 Å². The average Bonchev–Trinajstić information content (AvgIpc) is 2.25. The zero-order valence-electron chi connectivity index (χ0n) is 10.6. The predicted molar refractivity (Wildman–Crippen MR) is 68.0 cm³/mol. The Hall–Kier alpha value is -2.08. The number of rotatable bonds is 2. The molecule has 0 aliphatic carbocycles. The van der Waals surface area contributed by atoms with Crippen molar-refractivity contribution in [1.82, 2.24) is 5.43 Å². The van der Waals surface area contributed by atoms with E-state index in [1.807, 2.05) is 5.43 Å². The van der Waals surface area contributed by atoms with Gasteiger partial charge in [0.2, 0.25) is 0 Å². The molecule has 0 unspecified atom stereocenters. The third kappa shape index (κ3) is 4.42. The molecule has 2 amide bonds. The van der Waals surface area contributed by atoms with E-state index in [9.17, 15) is 9.59 Å². The highest BCUT2D eigenvalue weighted by Gasteiger charge is 2.16. The molecule has 0 spiro atoms. The van der Waals surface area contributed by atoms with E-state index in [4.69, 9.17) is 10.6 Å². The van der Waals surface area contributed by atoms with Crippen LogP contribution in [-0.4, -0.2) is 17.6 Å². The monoisotopic (exact) mass is 251 g/mol. The maximum absolute atomic E-state index is 11.5. The number of hydrogen-bond donors (Lipinski definition) is 3. The van der Waals surface area contributed by atoms with Crippen molar-refractivity contribution in [1.29, 1.82) is 0 Å². The smallest absolute Gasteiger partial charge is 0.412 e. The van der Waals surface area contributed by atoms with Crippen molar-refractivity contribution in [3.8, 4) is 0 Å². The summed E-state index contributed by atoms with van der Waals surface area (Å²) in [6.07, 6.45) is -0.576. The summed E-state index contributed by atoms with van der Waals surface area (Å²) in [5, 5.41) is 2.54. The summed E-state index contributed by atoms with van der Waals surface area (Å²) in [5.74, 6) is 4.60. The van der Waals surface area contributed by atoms with Gasteiger partial charge in [-0.3, -0.25) is 15.5 Å². The van der Waals surface area contributed by atoms with E-state index in [1.54, 1.807) is 39.0 Å². The van der Waals surface area contributed by atoms with Crippen molar-refractivity contribution in [3.05, 3.63) is 29.8 Å². The summed E-state index contributed by atoms with van der Waals surface area (Å²) in [4.78, 5) is 22.8. The van der Waals surface area contributed by atoms with Gasteiger partial charge in [-0.05, 0) is 39.0 Å². The fourth-order valence-corrected chi connectivity index (χ4v) is 1.24. The van der Waals surface area contributed by atoms with Gasteiger partial charge in [-0.2, -0.15) is 0 Å². The number of nitrogens with one attached hydrogen (secondary N) is 2. The van der Waals surface area contributed by atoms with Crippen molar-refractivity contribution >= 4 is 17.7 Å². The molecule has 0 atom stereocenters. The summed E-state index contributed by atoms with van der Waals surface area (Å²) in [6, 6.07) is 6.38. The molecule has 98 valence electrons. The quantitative estimate of drug-likeness (QED) is 0.423. The lowest BCUT2D eigenvalue weighted by molar-refractivity contribution is 0.0635. The SMILES string of the molecule is CC(C)(C)OC(=O)Nc1cccc(C(=O)NN)c1. The molecule has 0 bridgehead atoms. The Balaban J connectivity index is 2.74. The van der Waals surface area contributed by atoms with E-state index in [0.717, 1.165) is 0 Å². The van der Waals surface area contributed by atoms with Crippen molar-refractivity contribution in [2.75, 3.05) is 5.32 Å². The van der Waals surface area contributed by atoms with Gasteiger partial charge < -0.3 is 4.74 Å². The molecule has 1 aromatic rings. The highest BCUT2D eigenvalue weighted by atomic mass is 16.6. The number of hydrazine groups is 1. The highest BCUT2D eigenvalue weighted by molar-refractivity contribution is 5.95. The molecule has 6 nitrogen and oxygen atoms in total. The van der Waals surface area contributed by atoms with E-state index in [0.29, 0.717) is 11.3 Å². The van der Waals surface area contributed by atoms with E-state index in [1.165, 1.54) is 6.07 Å². The molecule has 1 rings (SSSR count). The first-order chi connectivity index (χ1) is 8.31. The Labute approximate surface area is 105 Å². The van der Waals surface area contributed by atoms with Gasteiger partial charge in [0.15, 0.2) is 0 Å². The molecule has 0 radical (unpaired) electrons. The number of carbonyl (C=O) groups excluding carboxylic acids is 2. The van der Waals surface area contributed by atoms with Crippen LogP contribution in [0.25, 0.3) is 0 Å². The first-order valence-electron chi connectivity index (χ1n) is 5.43. The lowest BCUT2D eigenvalue weighted by Crippen LogP contribution is -2.30. The van der Waals surface area contributed by atoms with E-state index in [2.05, 4.69) is 5.32 Å². The number of anilines is 1. The lowest BCUT2D eigenvalue weighted by atomic mass is 10.2. The Kier molecular flexibility index (Phi) is 4.28. The third-order valence-electron chi connectivity index (χ3n) is 1.90. The van der Waals surface area contributed by atoms with E-state index < -0.39 is 17.6 Å². The second kappa shape index (κ2) is 5.50. The van der Waals surface area contributed by atoms with Crippen molar-refractivity contribution in [2.45, 2.75) is 26.4 Å². The van der Waals surface area contributed by atoms with Crippen LogP contribution in [0.1, 0.15) is 31.1 Å². The van der Waals surface area contributed by atoms with Gasteiger partial charge in [0.05, 0.1) is 0 Å². The molecule has 0 aromatic heterocycles. The lowest BCUT2D eigenvalue weighted by Gasteiger charge is -2.19.